The van der Waals surface area contributed by atoms with Crippen LogP contribution in [0.3, 0.4) is 0 Å². The largest absolute Gasteiger partial charge is 0.381 e. The van der Waals surface area contributed by atoms with Crippen molar-refractivity contribution in [3.63, 3.8) is 0 Å². The van der Waals surface area contributed by atoms with Crippen molar-refractivity contribution in [1.29, 1.82) is 0 Å². The fourth-order valence-corrected chi connectivity index (χ4v) is 3.44. The van der Waals surface area contributed by atoms with Crippen molar-refractivity contribution in [2.24, 2.45) is 0 Å². The molecule has 0 spiro atoms. The molecule has 0 bridgehead atoms. The Hall–Kier alpha value is -1.48. The highest BCUT2D eigenvalue weighted by atomic mass is 32.2. The number of nitrogens with zero attached hydrogens (tertiary/aromatic N) is 6. The number of thioether (sulfide) groups is 1. The first-order valence-corrected chi connectivity index (χ1v) is 8.55. The van der Waals surface area contributed by atoms with Crippen molar-refractivity contribution in [3.05, 3.63) is 11.7 Å². The Morgan fingerprint density at radius 2 is 2.05 bits per heavy atom. The van der Waals surface area contributed by atoms with E-state index in [4.69, 9.17) is 9.26 Å². The molecule has 1 saturated carbocycles. The van der Waals surface area contributed by atoms with Crippen LogP contribution in [0.4, 0.5) is 0 Å². The van der Waals surface area contributed by atoms with Crippen molar-refractivity contribution in [3.8, 4) is 0 Å². The second kappa shape index (κ2) is 5.96. The van der Waals surface area contributed by atoms with Gasteiger partial charge >= 0.3 is 0 Å². The van der Waals surface area contributed by atoms with Gasteiger partial charge in [0.2, 0.25) is 11.0 Å². The fourth-order valence-electron chi connectivity index (χ4n) is 2.55. The Kier molecular flexibility index (Phi) is 3.83. The molecule has 2 aromatic heterocycles. The molecule has 0 aromatic carbocycles. The van der Waals surface area contributed by atoms with Gasteiger partial charge in [-0.25, -0.2) is 4.68 Å². The average Bonchev–Trinajstić information content (AvgIpc) is 3.10. The van der Waals surface area contributed by atoms with E-state index in [9.17, 15) is 0 Å². The van der Waals surface area contributed by atoms with E-state index in [0.29, 0.717) is 17.9 Å². The molecule has 1 aliphatic carbocycles. The monoisotopic (exact) mass is 322 g/mol. The third-order valence-electron chi connectivity index (χ3n) is 4.03. The van der Waals surface area contributed by atoms with Crippen LogP contribution in [0.1, 0.15) is 61.5 Å². The molecule has 2 aromatic rings. The Labute approximate surface area is 132 Å². The highest BCUT2D eigenvalue weighted by molar-refractivity contribution is 7.99. The third-order valence-corrected chi connectivity index (χ3v) is 5.06. The van der Waals surface area contributed by atoms with Gasteiger partial charge in [-0.2, -0.15) is 4.98 Å². The van der Waals surface area contributed by atoms with E-state index in [1.807, 2.05) is 11.6 Å². The zero-order chi connectivity index (χ0) is 14.9. The summed E-state index contributed by atoms with van der Waals surface area (Å²) in [4.78, 5) is 4.50. The maximum atomic E-state index is 5.40. The first-order valence-electron chi connectivity index (χ1n) is 7.67. The second-order valence-corrected chi connectivity index (χ2v) is 7.08. The predicted molar refractivity (Wildman–Crippen MR) is 77.5 cm³/mol. The van der Waals surface area contributed by atoms with E-state index in [1.54, 1.807) is 11.8 Å². The Morgan fingerprint density at radius 1 is 1.23 bits per heavy atom. The van der Waals surface area contributed by atoms with Crippen molar-refractivity contribution in [2.45, 2.75) is 55.0 Å². The molecule has 0 radical (unpaired) electrons. The SMILES string of the molecule is C[C@H](Sc1nnnn1C1CCOCC1)c1nc(C2CC2)no1. The zero-order valence-electron chi connectivity index (χ0n) is 12.4. The van der Waals surface area contributed by atoms with E-state index < -0.39 is 0 Å². The van der Waals surface area contributed by atoms with E-state index in [1.165, 1.54) is 12.8 Å². The van der Waals surface area contributed by atoms with Gasteiger partial charge in [0.1, 0.15) is 0 Å². The van der Waals surface area contributed by atoms with Gasteiger partial charge in [0, 0.05) is 19.1 Å². The maximum Gasteiger partial charge on any atom is 0.239 e. The number of rotatable bonds is 5. The normalized spacial score (nSPS) is 21.1. The standard InChI is InChI=1S/C13H18N6O2S/c1-8(12-14-11(16-21-12)9-2-3-9)22-13-15-17-18-19(13)10-4-6-20-7-5-10/h8-10H,2-7H2,1H3/t8-/m0/s1. The first-order chi connectivity index (χ1) is 10.8. The molecule has 22 heavy (non-hydrogen) atoms. The van der Waals surface area contributed by atoms with E-state index in [2.05, 4.69) is 25.7 Å². The van der Waals surface area contributed by atoms with Crippen LogP contribution in [-0.2, 0) is 4.74 Å². The summed E-state index contributed by atoms with van der Waals surface area (Å²) >= 11 is 1.56. The van der Waals surface area contributed by atoms with Gasteiger partial charge in [-0.05, 0) is 43.0 Å². The zero-order valence-corrected chi connectivity index (χ0v) is 13.2. The lowest BCUT2D eigenvalue weighted by Crippen LogP contribution is -2.21. The molecular formula is C13H18N6O2S. The number of aromatic nitrogens is 6. The first kappa shape index (κ1) is 14.1. The maximum absolute atomic E-state index is 5.40. The number of ether oxygens (including phenoxy) is 1. The highest BCUT2D eigenvalue weighted by Crippen LogP contribution is 2.40. The molecule has 2 aliphatic rings. The predicted octanol–water partition coefficient (Wildman–Crippen LogP) is 2.14. The molecule has 0 N–H and O–H groups in total. The second-order valence-electron chi connectivity index (χ2n) is 5.77. The van der Waals surface area contributed by atoms with E-state index in [0.717, 1.165) is 37.0 Å². The van der Waals surface area contributed by atoms with Crippen LogP contribution in [0.2, 0.25) is 0 Å². The summed E-state index contributed by atoms with van der Waals surface area (Å²) in [6.45, 7) is 3.56. The van der Waals surface area contributed by atoms with Crippen molar-refractivity contribution >= 4 is 11.8 Å². The average molecular weight is 322 g/mol. The van der Waals surface area contributed by atoms with Crippen molar-refractivity contribution < 1.29 is 9.26 Å². The number of tetrazole rings is 1. The third kappa shape index (κ3) is 2.87. The minimum atomic E-state index is 0.0320. The summed E-state index contributed by atoms with van der Waals surface area (Å²) < 4.78 is 12.7. The molecule has 1 atom stereocenters. The van der Waals surface area contributed by atoms with Crippen molar-refractivity contribution in [1.82, 2.24) is 30.3 Å². The van der Waals surface area contributed by atoms with Crippen LogP contribution in [0, 0.1) is 0 Å². The van der Waals surface area contributed by atoms with Crippen LogP contribution in [-0.4, -0.2) is 43.6 Å². The Balaban J connectivity index is 1.46. The van der Waals surface area contributed by atoms with Gasteiger partial charge in [-0.15, -0.1) is 5.10 Å². The van der Waals surface area contributed by atoms with Crippen molar-refractivity contribution in [2.75, 3.05) is 13.2 Å². The van der Waals surface area contributed by atoms with E-state index >= 15 is 0 Å². The molecule has 1 aliphatic heterocycles. The molecule has 1 saturated heterocycles. The highest BCUT2D eigenvalue weighted by Gasteiger charge is 2.30. The van der Waals surface area contributed by atoms with E-state index in [-0.39, 0.29) is 5.25 Å². The van der Waals surface area contributed by atoms with Gasteiger partial charge in [0.25, 0.3) is 0 Å². The quantitative estimate of drug-likeness (QED) is 0.773. The molecule has 8 nitrogen and oxygen atoms in total. The van der Waals surface area contributed by atoms with Crippen LogP contribution < -0.4 is 0 Å². The van der Waals surface area contributed by atoms with Crippen LogP contribution in [0.5, 0.6) is 0 Å². The molecule has 4 rings (SSSR count). The summed E-state index contributed by atoms with van der Waals surface area (Å²) in [7, 11) is 0. The van der Waals surface area contributed by atoms with Gasteiger partial charge < -0.3 is 9.26 Å². The van der Waals surface area contributed by atoms with Crippen LogP contribution >= 0.6 is 11.8 Å². The summed E-state index contributed by atoms with van der Waals surface area (Å²) in [5.41, 5.74) is 0. The van der Waals surface area contributed by atoms with Gasteiger partial charge in [-0.3, -0.25) is 0 Å². The lowest BCUT2D eigenvalue weighted by atomic mass is 10.1. The molecule has 0 amide bonds. The summed E-state index contributed by atoms with van der Waals surface area (Å²) in [6, 6.07) is 0.308. The van der Waals surface area contributed by atoms with Gasteiger partial charge in [0.15, 0.2) is 5.82 Å². The molecule has 3 heterocycles. The molecule has 118 valence electrons. The Bertz CT molecular complexity index is 634. The molecular weight excluding hydrogens is 304 g/mol. The molecule has 9 heteroatoms. The molecule has 2 fully saturated rings. The Morgan fingerprint density at radius 3 is 2.82 bits per heavy atom. The van der Waals surface area contributed by atoms with Gasteiger partial charge in [-0.1, -0.05) is 16.9 Å². The number of hydrogen-bond acceptors (Lipinski definition) is 8. The lowest BCUT2D eigenvalue weighted by Gasteiger charge is -2.22. The topological polar surface area (TPSA) is 91.8 Å². The van der Waals surface area contributed by atoms with Crippen LogP contribution in [0.15, 0.2) is 9.68 Å². The molecule has 0 unspecified atom stereocenters. The lowest BCUT2D eigenvalue weighted by molar-refractivity contribution is 0.0631. The minimum Gasteiger partial charge on any atom is -0.381 e. The van der Waals surface area contributed by atoms with Crippen LogP contribution in [0.25, 0.3) is 0 Å². The fraction of sp³-hybridized carbons (Fsp3) is 0.769. The summed E-state index contributed by atoms with van der Waals surface area (Å²) in [5, 5.41) is 17.0. The smallest absolute Gasteiger partial charge is 0.239 e. The minimum absolute atomic E-state index is 0.0320. The number of hydrogen-bond donors (Lipinski definition) is 0. The van der Waals surface area contributed by atoms with Gasteiger partial charge in [0.05, 0.1) is 11.3 Å². The summed E-state index contributed by atoms with van der Waals surface area (Å²) in [6.07, 6.45) is 4.23. The summed E-state index contributed by atoms with van der Waals surface area (Å²) in [5.74, 6) is 1.99.